The number of hydrogen-bond acceptors (Lipinski definition) is 4. The molecule has 0 aliphatic rings. The lowest BCUT2D eigenvalue weighted by Crippen LogP contribution is -2.18. The Labute approximate surface area is 80.0 Å². The van der Waals surface area contributed by atoms with Crippen molar-refractivity contribution in [2.24, 2.45) is 0 Å². The van der Waals surface area contributed by atoms with Crippen LogP contribution in [-0.2, 0) is 14.0 Å². The largest absolute Gasteiger partial charge is 0.463 e. The third kappa shape index (κ3) is 7.70. The van der Waals surface area contributed by atoms with Crippen molar-refractivity contribution in [3.05, 3.63) is 12.7 Å². The van der Waals surface area contributed by atoms with E-state index in [9.17, 15) is 9.59 Å². The summed E-state index contributed by atoms with van der Waals surface area (Å²) in [6.45, 7) is 5.97. The molecule has 1 N–H and O–H groups in total. The molecule has 5 heteroatoms. The van der Waals surface area contributed by atoms with Crippen LogP contribution in [0.5, 0.6) is 0 Å². The number of hydrogen-bond donors (Lipinski definition) is 1. The molecule has 0 saturated carbocycles. The van der Waals surface area contributed by atoms with Crippen molar-refractivity contribution < 1.29 is 18.8 Å². The first-order valence-electron chi connectivity index (χ1n) is 4.29. The molecule has 0 bridgehead atoms. The Morgan fingerprint density at radius 1 is 1.69 bits per heavy atom. The molecular formula is C8H16O4Si. The van der Waals surface area contributed by atoms with Crippen molar-refractivity contribution >= 4 is 15.3 Å². The minimum Gasteiger partial charge on any atom is -0.463 e. The predicted molar refractivity (Wildman–Crippen MR) is 51.6 cm³/mol. The summed E-state index contributed by atoms with van der Waals surface area (Å²) in [5, 5.41) is 0. The van der Waals surface area contributed by atoms with Gasteiger partial charge in [0.2, 0.25) is 0 Å². The Bertz CT molecular complexity index is 160. The lowest BCUT2D eigenvalue weighted by molar-refractivity contribution is -0.137. The summed E-state index contributed by atoms with van der Waals surface area (Å²) in [6.07, 6.45) is 1.77. The van der Waals surface area contributed by atoms with Crippen LogP contribution in [0.2, 0.25) is 6.04 Å². The molecule has 0 aliphatic carbocycles. The van der Waals surface area contributed by atoms with E-state index in [1.165, 1.54) is 0 Å². The van der Waals surface area contributed by atoms with Crippen LogP contribution < -0.4 is 0 Å². The van der Waals surface area contributed by atoms with Crippen LogP contribution >= 0.6 is 0 Å². The quantitative estimate of drug-likeness (QED) is 0.281. The normalized spacial score (nSPS) is 12.2. The first kappa shape index (κ1) is 12.3. The van der Waals surface area contributed by atoms with E-state index in [2.05, 4.69) is 6.58 Å². The van der Waals surface area contributed by atoms with Gasteiger partial charge in [0.15, 0.2) is 0 Å². The molecule has 4 nitrogen and oxygen atoms in total. The molecule has 0 aromatic carbocycles. The third-order valence-corrected chi connectivity index (χ3v) is 2.99. The van der Waals surface area contributed by atoms with Gasteiger partial charge in [-0.3, -0.25) is 0 Å². The fraction of sp³-hybridized carbons (Fsp3) is 0.625. The average molecular weight is 204 g/mol. The van der Waals surface area contributed by atoms with Crippen LogP contribution in [0.25, 0.3) is 0 Å². The molecule has 0 amide bonds. The smallest absolute Gasteiger partial charge is 0.330 e. The topological polar surface area (TPSA) is 55.8 Å². The highest BCUT2D eigenvalue weighted by Crippen LogP contribution is 1.97. The fourth-order valence-electron chi connectivity index (χ4n) is 0.765. The number of rotatable bonds is 7. The van der Waals surface area contributed by atoms with Gasteiger partial charge in [-0.1, -0.05) is 6.58 Å². The maximum Gasteiger partial charge on any atom is 0.330 e. The zero-order chi connectivity index (χ0) is 10.1. The lowest BCUT2D eigenvalue weighted by atomic mass is 10.5. The molecule has 0 heterocycles. The number of esters is 1. The average Bonchev–Trinajstić information content (AvgIpc) is 2.12. The van der Waals surface area contributed by atoms with E-state index in [0.29, 0.717) is 25.7 Å². The molecule has 0 spiro atoms. The molecule has 1 unspecified atom stereocenters. The minimum absolute atomic E-state index is 0.321. The Balaban J connectivity index is 3.24. The number of ether oxygens (including phenoxy) is 1. The van der Waals surface area contributed by atoms with E-state index in [1.807, 2.05) is 6.92 Å². The standard InChI is InChI=1S/C8H16O4Si/c1-3-8(9)11-6-5-7-13(10)12-4-2/h3,10,13H,1,4-7H2,2H3. The van der Waals surface area contributed by atoms with Crippen molar-refractivity contribution in [3.8, 4) is 0 Å². The highest BCUT2D eigenvalue weighted by atomic mass is 28.3. The SMILES string of the molecule is C=CC(=O)OCCC[SiH](O)OCC. The van der Waals surface area contributed by atoms with Gasteiger partial charge in [0.1, 0.15) is 0 Å². The zero-order valence-corrected chi connectivity index (χ0v) is 9.02. The molecule has 0 saturated heterocycles. The molecule has 76 valence electrons. The second kappa shape index (κ2) is 7.97. The Morgan fingerprint density at radius 3 is 2.92 bits per heavy atom. The van der Waals surface area contributed by atoms with Crippen LogP contribution in [0.3, 0.4) is 0 Å². The van der Waals surface area contributed by atoms with E-state index >= 15 is 0 Å². The molecule has 0 aromatic heterocycles. The highest BCUT2D eigenvalue weighted by Gasteiger charge is 2.06. The van der Waals surface area contributed by atoms with Gasteiger partial charge in [-0.15, -0.1) is 0 Å². The maximum atomic E-state index is 10.6. The van der Waals surface area contributed by atoms with Crippen molar-refractivity contribution in [1.29, 1.82) is 0 Å². The fourth-order valence-corrected chi connectivity index (χ4v) is 1.83. The molecule has 0 rings (SSSR count). The van der Waals surface area contributed by atoms with Gasteiger partial charge < -0.3 is 14.0 Å². The Morgan fingerprint density at radius 2 is 2.38 bits per heavy atom. The van der Waals surface area contributed by atoms with Gasteiger partial charge in [-0.05, 0) is 19.4 Å². The summed E-state index contributed by atoms with van der Waals surface area (Å²) in [7, 11) is -1.99. The second-order valence-corrected chi connectivity index (χ2v) is 4.24. The van der Waals surface area contributed by atoms with Crippen molar-refractivity contribution in [2.45, 2.75) is 19.4 Å². The summed E-state index contributed by atoms with van der Waals surface area (Å²) < 4.78 is 9.73. The number of carbonyl (C=O) groups is 1. The van der Waals surface area contributed by atoms with Gasteiger partial charge in [0, 0.05) is 12.7 Å². The first-order chi connectivity index (χ1) is 6.20. The molecule has 0 fully saturated rings. The molecule has 0 aliphatic heterocycles. The molecule has 13 heavy (non-hydrogen) atoms. The van der Waals surface area contributed by atoms with Gasteiger partial charge in [-0.25, -0.2) is 4.79 Å². The summed E-state index contributed by atoms with van der Waals surface area (Å²) in [6, 6.07) is 0.609. The molecule has 0 radical (unpaired) electrons. The first-order valence-corrected chi connectivity index (χ1v) is 6.10. The van der Waals surface area contributed by atoms with E-state index in [4.69, 9.17) is 9.16 Å². The van der Waals surface area contributed by atoms with Crippen LogP contribution in [0.4, 0.5) is 0 Å². The van der Waals surface area contributed by atoms with E-state index < -0.39 is 15.3 Å². The molecule has 0 aromatic rings. The van der Waals surface area contributed by atoms with Crippen LogP contribution in [0, 0.1) is 0 Å². The van der Waals surface area contributed by atoms with E-state index in [0.717, 1.165) is 6.08 Å². The monoisotopic (exact) mass is 204 g/mol. The van der Waals surface area contributed by atoms with E-state index in [1.54, 1.807) is 0 Å². The zero-order valence-electron chi connectivity index (χ0n) is 7.86. The summed E-state index contributed by atoms with van der Waals surface area (Å²) >= 11 is 0. The highest BCUT2D eigenvalue weighted by molar-refractivity contribution is 6.42. The predicted octanol–water partition coefficient (Wildman–Crippen LogP) is 0.355. The third-order valence-electron chi connectivity index (χ3n) is 1.37. The lowest BCUT2D eigenvalue weighted by Gasteiger charge is -2.07. The van der Waals surface area contributed by atoms with Gasteiger partial charge in [-0.2, -0.15) is 0 Å². The van der Waals surface area contributed by atoms with E-state index in [-0.39, 0.29) is 0 Å². The van der Waals surface area contributed by atoms with Crippen LogP contribution in [0.15, 0.2) is 12.7 Å². The Kier molecular flexibility index (Phi) is 7.57. The summed E-state index contributed by atoms with van der Waals surface area (Å²) in [5.41, 5.74) is 0. The van der Waals surface area contributed by atoms with Crippen molar-refractivity contribution in [3.63, 3.8) is 0 Å². The maximum absolute atomic E-state index is 10.6. The van der Waals surface area contributed by atoms with Crippen molar-refractivity contribution in [1.82, 2.24) is 0 Å². The van der Waals surface area contributed by atoms with Gasteiger partial charge >= 0.3 is 15.3 Å². The molecular weight excluding hydrogens is 188 g/mol. The Hall–Kier alpha value is -0.653. The van der Waals surface area contributed by atoms with Crippen LogP contribution in [-0.4, -0.2) is 33.3 Å². The van der Waals surface area contributed by atoms with Crippen LogP contribution in [0.1, 0.15) is 13.3 Å². The van der Waals surface area contributed by atoms with Gasteiger partial charge in [0.25, 0.3) is 0 Å². The summed E-state index contributed by atoms with van der Waals surface area (Å²) in [4.78, 5) is 19.8. The second-order valence-electron chi connectivity index (χ2n) is 2.42. The minimum atomic E-state index is -1.99. The van der Waals surface area contributed by atoms with Gasteiger partial charge in [0.05, 0.1) is 6.61 Å². The van der Waals surface area contributed by atoms with Crippen molar-refractivity contribution in [2.75, 3.05) is 13.2 Å². The summed E-state index contributed by atoms with van der Waals surface area (Å²) in [5.74, 6) is -0.424. The molecule has 1 atom stereocenters. The number of carbonyl (C=O) groups excluding carboxylic acids is 1.